The second kappa shape index (κ2) is 5.77. The quantitative estimate of drug-likeness (QED) is 0.900. The molecule has 0 radical (unpaired) electrons. The van der Waals surface area contributed by atoms with Gasteiger partial charge in [0.2, 0.25) is 0 Å². The monoisotopic (exact) mass is 278 g/mol. The first-order valence-electron chi connectivity index (χ1n) is 6.16. The first-order chi connectivity index (χ1) is 9.49. The molecule has 5 heteroatoms. The number of hydrogen-bond donors (Lipinski definition) is 2. The lowest BCUT2D eigenvalue weighted by molar-refractivity contribution is 0.395. The predicted octanol–water partition coefficient (Wildman–Crippen LogP) is 3.35. The van der Waals surface area contributed by atoms with Gasteiger partial charge in [0.25, 0.3) is 0 Å². The lowest BCUT2D eigenvalue weighted by Gasteiger charge is -2.18. The maximum Gasteiger partial charge on any atom is 0.187 e. The van der Waals surface area contributed by atoms with Crippen molar-refractivity contribution in [3.8, 4) is 5.75 Å². The fraction of sp³-hybridized carbons (Fsp3) is 0.200. The van der Waals surface area contributed by atoms with Crippen molar-refractivity contribution in [1.82, 2.24) is 0 Å². The lowest BCUT2D eigenvalue weighted by atomic mass is 10.2. The SMILES string of the molecule is CN(C)c1ccccc1NCc1cc(F)c(O)c(F)c1. The van der Waals surface area contributed by atoms with Gasteiger partial charge >= 0.3 is 0 Å². The highest BCUT2D eigenvalue weighted by Crippen LogP contribution is 2.25. The number of aromatic hydroxyl groups is 1. The summed E-state index contributed by atoms with van der Waals surface area (Å²) in [5.41, 5.74) is 2.27. The van der Waals surface area contributed by atoms with Crippen LogP contribution in [0.1, 0.15) is 5.56 Å². The largest absolute Gasteiger partial charge is 0.503 e. The van der Waals surface area contributed by atoms with Gasteiger partial charge in [0.05, 0.1) is 11.4 Å². The van der Waals surface area contributed by atoms with Gasteiger partial charge in [-0.2, -0.15) is 0 Å². The van der Waals surface area contributed by atoms with E-state index in [9.17, 15) is 8.78 Å². The first-order valence-corrected chi connectivity index (χ1v) is 6.16. The first kappa shape index (κ1) is 14.1. The highest BCUT2D eigenvalue weighted by atomic mass is 19.1. The molecular formula is C15H16F2N2O. The number of para-hydroxylation sites is 2. The maximum atomic E-state index is 13.2. The maximum absolute atomic E-state index is 13.2. The van der Waals surface area contributed by atoms with Gasteiger partial charge in [-0.15, -0.1) is 0 Å². The summed E-state index contributed by atoms with van der Waals surface area (Å²) in [7, 11) is 3.83. The Morgan fingerprint density at radius 2 is 1.70 bits per heavy atom. The van der Waals surface area contributed by atoms with E-state index in [1.165, 1.54) is 0 Å². The molecule has 0 aliphatic heterocycles. The number of hydrogen-bond acceptors (Lipinski definition) is 3. The van der Waals surface area contributed by atoms with Gasteiger partial charge in [-0.1, -0.05) is 12.1 Å². The molecule has 20 heavy (non-hydrogen) atoms. The molecule has 2 N–H and O–H groups in total. The number of phenolic OH excluding ortho intramolecular Hbond substituents is 1. The third kappa shape index (κ3) is 2.99. The molecule has 2 aromatic carbocycles. The Bertz CT molecular complexity index is 592. The summed E-state index contributed by atoms with van der Waals surface area (Å²) in [5.74, 6) is -2.85. The summed E-state index contributed by atoms with van der Waals surface area (Å²) in [6.45, 7) is 0.263. The van der Waals surface area contributed by atoms with E-state index >= 15 is 0 Å². The second-order valence-corrected chi connectivity index (χ2v) is 4.67. The van der Waals surface area contributed by atoms with Crippen LogP contribution in [-0.2, 0) is 6.54 Å². The molecule has 0 aromatic heterocycles. The minimum absolute atomic E-state index is 0.263. The Hall–Kier alpha value is -2.30. The number of nitrogens with one attached hydrogen (secondary N) is 1. The van der Waals surface area contributed by atoms with Crippen LogP contribution in [0.15, 0.2) is 36.4 Å². The van der Waals surface area contributed by atoms with Crippen LogP contribution < -0.4 is 10.2 Å². The number of nitrogens with zero attached hydrogens (tertiary/aromatic N) is 1. The zero-order valence-electron chi connectivity index (χ0n) is 11.3. The van der Waals surface area contributed by atoms with E-state index in [0.717, 1.165) is 23.5 Å². The van der Waals surface area contributed by atoms with Crippen LogP contribution in [0, 0.1) is 11.6 Å². The van der Waals surface area contributed by atoms with Crippen molar-refractivity contribution in [3.63, 3.8) is 0 Å². The third-order valence-corrected chi connectivity index (χ3v) is 2.95. The Balaban J connectivity index is 2.17. The van der Waals surface area contributed by atoms with Gasteiger partial charge in [-0.25, -0.2) is 8.78 Å². The number of anilines is 2. The number of phenols is 1. The van der Waals surface area contributed by atoms with Crippen molar-refractivity contribution in [3.05, 3.63) is 53.6 Å². The van der Waals surface area contributed by atoms with Gasteiger partial charge in [0.15, 0.2) is 17.4 Å². The molecule has 0 spiro atoms. The standard InChI is InChI=1S/C15H16F2N2O/c1-19(2)14-6-4-3-5-13(14)18-9-10-7-11(16)15(20)12(17)8-10/h3-8,18,20H,9H2,1-2H3. The molecule has 106 valence electrons. The molecule has 2 aromatic rings. The molecular weight excluding hydrogens is 262 g/mol. The van der Waals surface area contributed by atoms with Crippen molar-refractivity contribution in [2.24, 2.45) is 0 Å². The molecule has 0 saturated heterocycles. The van der Waals surface area contributed by atoms with Gasteiger partial charge in [0, 0.05) is 20.6 Å². The van der Waals surface area contributed by atoms with Gasteiger partial charge < -0.3 is 15.3 Å². The molecule has 3 nitrogen and oxygen atoms in total. The van der Waals surface area contributed by atoms with Gasteiger partial charge in [0.1, 0.15) is 0 Å². The van der Waals surface area contributed by atoms with Crippen molar-refractivity contribution < 1.29 is 13.9 Å². The predicted molar refractivity (Wildman–Crippen MR) is 76.1 cm³/mol. The second-order valence-electron chi connectivity index (χ2n) is 4.67. The summed E-state index contributed by atoms with van der Waals surface area (Å²) in [6.07, 6.45) is 0. The summed E-state index contributed by atoms with van der Waals surface area (Å²) >= 11 is 0. The smallest absolute Gasteiger partial charge is 0.187 e. The van der Waals surface area contributed by atoms with Crippen LogP contribution in [0.3, 0.4) is 0 Å². The topological polar surface area (TPSA) is 35.5 Å². The van der Waals surface area contributed by atoms with Crippen LogP contribution in [0.5, 0.6) is 5.75 Å². The fourth-order valence-corrected chi connectivity index (χ4v) is 1.93. The van der Waals surface area contributed by atoms with Gasteiger partial charge in [-0.05, 0) is 29.8 Å². The summed E-state index contributed by atoms with van der Waals surface area (Å²) < 4.78 is 26.5. The zero-order chi connectivity index (χ0) is 14.7. The number of halogens is 2. The van der Waals surface area contributed by atoms with E-state index in [2.05, 4.69) is 5.32 Å². The van der Waals surface area contributed by atoms with Crippen LogP contribution in [0.4, 0.5) is 20.2 Å². The summed E-state index contributed by atoms with van der Waals surface area (Å²) in [4.78, 5) is 1.94. The van der Waals surface area contributed by atoms with Crippen molar-refractivity contribution in [2.45, 2.75) is 6.54 Å². The fourth-order valence-electron chi connectivity index (χ4n) is 1.93. The Morgan fingerprint density at radius 1 is 1.10 bits per heavy atom. The molecule has 0 aliphatic carbocycles. The van der Waals surface area contributed by atoms with Crippen molar-refractivity contribution in [2.75, 3.05) is 24.3 Å². The molecule has 2 rings (SSSR count). The normalized spacial score (nSPS) is 10.4. The lowest BCUT2D eigenvalue weighted by Crippen LogP contribution is -2.12. The average molecular weight is 278 g/mol. The average Bonchev–Trinajstić information content (AvgIpc) is 2.42. The molecule has 0 unspecified atom stereocenters. The molecule has 0 bridgehead atoms. The van der Waals surface area contributed by atoms with Crippen LogP contribution in [0.2, 0.25) is 0 Å². The van der Waals surface area contributed by atoms with Crippen LogP contribution >= 0.6 is 0 Å². The van der Waals surface area contributed by atoms with E-state index in [0.29, 0.717) is 5.56 Å². The van der Waals surface area contributed by atoms with E-state index in [1.807, 2.05) is 43.3 Å². The molecule has 0 amide bonds. The van der Waals surface area contributed by atoms with Gasteiger partial charge in [-0.3, -0.25) is 0 Å². The summed E-state index contributed by atoms with van der Waals surface area (Å²) in [5, 5.41) is 12.2. The highest BCUT2D eigenvalue weighted by Gasteiger charge is 2.10. The molecule has 0 saturated carbocycles. The zero-order valence-corrected chi connectivity index (χ0v) is 11.3. The molecule has 0 fully saturated rings. The van der Waals surface area contributed by atoms with E-state index in [4.69, 9.17) is 5.11 Å². The van der Waals surface area contributed by atoms with Crippen LogP contribution in [-0.4, -0.2) is 19.2 Å². The molecule has 0 aliphatic rings. The Labute approximate surface area is 116 Å². The summed E-state index contributed by atoms with van der Waals surface area (Å²) in [6, 6.07) is 9.86. The molecule has 0 heterocycles. The van der Waals surface area contributed by atoms with E-state index in [1.54, 1.807) is 0 Å². The Kier molecular flexibility index (Phi) is 4.08. The van der Waals surface area contributed by atoms with Crippen molar-refractivity contribution in [1.29, 1.82) is 0 Å². The number of rotatable bonds is 4. The Morgan fingerprint density at radius 3 is 2.30 bits per heavy atom. The third-order valence-electron chi connectivity index (χ3n) is 2.95. The highest BCUT2D eigenvalue weighted by molar-refractivity contribution is 5.69. The number of benzene rings is 2. The van der Waals surface area contributed by atoms with Crippen molar-refractivity contribution >= 4 is 11.4 Å². The van der Waals surface area contributed by atoms with E-state index < -0.39 is 17.4 Å². The minimum Gasteiger partial charge on any atom is -0.503 e. The molecule has 0 atom stereocenters. The minimum atomic E-state index is -0.956. The van der Waals surface area contributed by atoms with E-state index in [-0.39, 0.29) is 6.54 Å². The van der Waals surface area contributed by atoms with Crippen LogP contribution in [0.25, 0.3) is 0 Å².